The van der Waals surface area contributed by atoms with Gasteiger partial charge in [-0.05, 0) is 18.4 Å². The third kappa shape index (κ3) is 0.958. The molecule has 2 atom stereocenters. The average Bonchev–Trinajstić information content (AvgIpc) is 2.16. The molecule has 3 N–H and O–H groups in total. The van der Waals surface area contributed by atoms with Gasteiger partial charge in [-0.2, -0.15) is 0 Å². The lowest BCUT2D eigenvalue weighted by atomic mass is 9.71. The summed E-state index contributed by atoms with van der Waals surface area (Å²) in [6.07, 6.45) is 1.71. The summed E-state index contributed by atoms with van der Waals surface area (Å²) in [5, 5.41) is 10.0. The Hall–Kier alpha value is -0.860. The number of hydrogen-bond acceptors (Lipinski definition) is 2. The predicted molar refractivity (Wildman–Crippen MR) is 47.5 cm³/mol. The summed E-state index contributed by atoms with van der Waals surface area (Å²) in [5.41, 5.74) is 5.94. The second-order valence-electron chi connectivity index (χ2n) is 3.44. The SMILES string of the molecule is N[C@@H]1CC[C@]1(O)c1ccccc1. The van der Waals surface area contributed by atoms with E-state index in [4.69, 9.17) is 5.73 Å². The molecule has 0 heterocycles. The Kier molecular flexibility index (Phi) is 1.67. The summed E-state index contributed by atoms with van der Waals surface area (Å²) in [4.78, 5) is 0. The molecule has 2 heteroatoms. The lowest BCUT2D eigenvalue weighted by Gasteiger charge is -2.43. The van der Waals surface area contributed by atoms with Gasteiger partial charge in [0.15, 0.2) is 0 Å². The zero-order valence-corrected chi connectivity index (χ0v) is 6.90. The van der Waals surface area contributed by atoms with Crippen LogP contribution in [0.25, 0.3) is 0 Å². The number of benzene rings is 1. The molecule has 2 nitrogen and oxygen atoms in total. The van der Waals surface area contributed by atoms with Crippen molar-refractivity contribution in [1.82, 2.24) is 0 Å². The summed E-state index contributed by atoms with van der Waals surface area (Å²) in [6.45, 7) is 0. The summed E-state index contributed by atoms with van der Waals surface area (Å²) in [7, 11) is 0. The maximum absolute atomic E-state index is 10.0. The van der Waals surface area contributed by atoms with Gasteiger partial charge in [0.05, 0.1) is 0 Å². The molecule has 1 aliphatic rings. The second kappa shape index (κ2) is 2.57. The van der Waals surface area contributed by atoms with E-state index >= 15 is 0 Å². The fourth-order valence-corrected chi connectivity index (χ4v) is 1.67. The van der Waals surface area contributed by atoms with Crippen LogP contribution in [0, 0.1) is 0 Å². The molecule has 0 aliphatic heterocycles. The molecule has 1 aromatic rings. The average molecular weight is 163 g/mol. The van der Waals surface area contributed by atoms with Gasteiger partial charge in [0, 0.05) is 6.04 Å². The molecule has 0 amide bonds. The van der Waals surface area contributed by atoms with Crippen molar-refractivity contribution in [3.05, 3.63) is 35.9 Å². The van der Waals surface area contributed by atoms with Crippen molar-refractivity contribution < 1.29 is 5.11 Å². The van der Waals surface area contributed by atoms with Crippen molar-refractivity contribution in [2.75, 3.05) is 0 Å². The first-order valence-corrected chi connectivity index (χ1v) is 4.27. The molecule has 0 unspecified atom stereocenters. The van der Waals surface area contributed by atoms with Crippen LogP contribution >= 0.6 is 0 Å². The number of hydrogen-bond donors (Lipinski definition) is 2. The highest BCUT2D eigenvalue weighted by atomic mass is 16.3. The highest BCUT2D eigenvalue weighted by Crippen LogP contribution is 2.39. The Morgan fingerprint density at radius 3 is 2.42 bits per heavy atom. The lowest BCUT2D eigenvalue weighted by molar-refractivity contribution is -0.0604. The molecule has 1 fully saturated rings. The van der Waals surface area contributed by atoms with Crippen LogP contribution in [0.2, 0.25) is 0 Å². The monoisotopic (exact) mass is 163 g/mol. The Morgan fingerprint density at radius 2 is 2.00 bits per heavy atom. The van der Waals surface area contributed by atoms with Crippen LogP contribution in [-0.2, 0) is 5.60 Å². The van der Waals surface area contributed by atoms with Crippen molar-refractivity contribution >= 4 is 0 Å². The minimum absolute atomic E-state index is 0.0834. The van der Waals surface area contributed by atoms with Crippen molar-refractivity contribution in [1.29, 1.82) is 0 Å². The van der Waals surface area contributed by atoms with Crippen molar-refractivity contribution in [2.45, 2.75) is 24.5 Å². The van der Waals surface area contributed by atoms with Crippen LogP contribution < -0.4 is 5.73 Å². The standard InChI is InChI=1S/C10H13NO/c11-9-6-7-10(9,12)8-4-2-1-3-5-8/h1-5,9,12H,6-7,11H2/t9-,10+/m1/s1. The minimum atomic E-state index is -0.749. The predicted octanol–water partition coefficient (Wildman–Crippen LogP) is 0.995. The van der Waals surface area contributed by atoms with E-state index in [-0.39, 0.29) is 6.04 Å². The van der Waals surface area contributed by atoms with Gasteiger partial charge >= 0.3 is 0 Å². The molecule has 0 spiro atoms. The molecular formula is C10H13NO. The highest BCUT2D eigenvalue weighted by Gasteiger charge is 2.43. The molecule has 0 bridgehead atoms. The van der Waals surface area contributed by atoms with E-state index in [9.17, 15) is 5.11 Å². The van der Waals surface area contributed by atoms with Gasteiger partial charge in [-0.15, -0.1) is 0 Å². The molecule has 64 valence electrons. The quantitative estimate of drug-likeness (QED) is 0.648. The number of rotatable bonds is 1. The summed E-state index contributed by atoms with van der Waals surface area (Å²) in [6, 6.07) is 9.58. The Bertz CT molecular complexity index is 272. The smallest absolute Gasteiger partial charge is 0.105 e. The van der Waals surface area contributed by atoms with Crippen molar-refractivity contribution in [3.63, 3.8) is 0 Å². The van der Waals surface area contributed by atoms with E-state index in [0.29, 0.717) is 0 Å². The van der Waals surface area contributed by atoms with Gasteiger partial charge in [0.1, 0.15) is 5.60 Å². The maximum atomic E-state index is 10.0. The molecule has 1 aromatic carbocycles. The van der Waals surface area contributed by atoms with Crippen molar-refractivity contribution in [2.24, 2.45) is 5.73 Å². The zero-order valence-electron chi connectivity index (χ0n) is 6.90. The van der Waals surface area contributed by atoms with Gasteiger partial charge in [-0.1, -0.05) is 30.3 Å². The van der Waals surface area contributed by atoms with Crippen LogP contribution in [0.1, 0.15) is 18.4 Å². The Morgan fingerprint density at radius 1 is 1.33 bits per heavy atom. The third-order valence-electron chi connectivity index (χ3n) is 2.72. The molecular weight excluding hydrogens is 150 g/mol. The second-order valence-corrected chi connectivity index (χ2v) is 3.44. The van der Waals surface area contributed by atoms with Crippen LogP contribution in [0.5, 0.6) is 0 Å². The molecule has 0 radical (unpaired) electrons. The van der Waals surface area contributed by atoms with Crippen LogP contribution in [0.3, 0.4) is 0 Å². The molecule has 2 rings (SSSR count). The first-order valence-electron chi connectivity index (χ1n) is 4.27. The molecule has 1 aliphatic carbocycles. The zero-order chi connectivity index (χ0) is 8.60. The van der Waals surface area contributed by atoms with E-state index in [2.05, 4.69) is 0 Å². The molecule has 0 aromatic heterocycles. The first-order chi connectivity index (χ1) is 5.73. The van der Waals surface area contributed by atoms with E-state index in [1.165, 1.54) is 0 Å². The minimum Gasteiger partial charge on any atom is -0.384 e. The normalized spacial score (nSPS) is 34.3. The van der Waals surface area contributed by atoms with Gasteiger partial charge in [-0.25, -0.2) is 0 Å². The van der Waals surface area contributed by atoms with Crippen LogP contribution in [0.4, 0.5) is 0 Å². The fraction of sp³-hybridized carbons (Fsp3) is 0.400. The number of aliphatic hydroxyl groups is 1. The molecule has 0 saturated heterocycles. The highest BCUT2D eigenvalue weighted by molar-refractivity contribution is 5.27. The molecule has 12 heavy (non-hydrogen) atoms. The van der Waals surface area contributed by atoms with Gasteiger partial charge < -0.3 is 10.8 Å². The largest absolute Gasteiger partial charge is 0.384 e. The van der Waals surface area contributed by atoms with Gasteiger partial charge in [0.2, 0.25) is 0 Å². The lowest BCUT2D eigenvalue weighted by Crippen LogP contribution is -2.54. The van der Waals surface area contributed by atoms with E-state index in [1.54, 1.807) is 0 Å². The number of nitrogens with two attached hydrogens (primary N) is 1. The molecule has 1 saturated carbocycles. The van der Waals surface area contributed by atoms with E-state index in [1.807, 2.05) is 30.3 Å². The summed E-state index contributed by atoms with van der Waals surface area (Å²) >= 11 is 0. The van der Waals surface area contributed by atoms with Crippen LogP contribution in [0.15, 0.2) is 30.3 Å². The summed E-state index contributed by atoms with van der Waals surface area (Å²) in [5.74, 6) is 0. The fourth-order valence-electron chi connectivity index (χ4n) is 1.67. The topological polar surface area (TPSA) is 46.2 Å². The first kappa shape index (κ1) is 7.77. The summed E-state index contributed by atoms with van der Waals surface area (Å²) < 4.78 is 0. The van der Waals surface area contributed by atoms with E-state index in [0.717, 1.165) is 18.4 Å². The third-order valence-corrected chi connectivity index (χ3v) is 2.72. The van der Waals surface area contributed by atoms with Crippen molar-refractivity contribution in [3.8, 4) is 0 Å². The van der Waals surface area contributed by atoms with Gasteiger partial charge in [-0.3, -0.25) is 0 Å². The van der Waals surface area contributed by atoms with Crippen LogP contribution in [-0.4, -0.2) is 11.1 Å². The van der Waals surface area contributed by atoms with E-state index < -0.39 is 5.60 Å². The Labute approximate surface area is 72.0 Å². The maximum Gasteiger partial charge on any atom is 0.105 e. The van der Waals surface area contributed by atoms with Gasteiger partial charge in [0.25, 0.3) is 0 Å². The Balaban J connectivity index is 2.31.